The smallest absolute Gasteiger partial charge is 0.339 e. The van der Waals surface area contributed by atoms with Crippen molar-refractivity contribution in [2.24, 2.45) is 5.16 Å². The Labute approximate surface area is 409 Å². The minimum atomic E-state index is -0.472. The molecule has 1 N–H and O–H groups in total. The number of nitrogens with zero attached hydrogens (tertiary/aromatic N) is 4. The molecular formula is C57H71ClN5O5+. The Bertz CT molecular complexity index is 2540. The quantitative estimate of drug-likeness (QED) is 0.0602. The molecule has 1 saturated heterocycles. The van der Waals surface area contributed by atoms with Crippen molar-refractivity contribution in [1.82, 2.24) is 10.2 Å². The fourth-order valence-electron chi connectivity index (χ4n) is 10.3. The maximum atomic E-state index is 14.1. The number of cyclic esters (lactones) is 1. The molecule has 1 fully saturated rings. The third kappa shape index (κ3) is 11.6. The number of anilines is 1. The Morgan fingerprint density at radius 1 is 0.941 bits per heavy atom. The highest BCUT2D eigenvalue weighted by atomic mass is 35.5. The Morgan fingerprint density at radius 3 is 2.46 bits per heavy atom. The molecule has 3 aromatic rings. The molecule has 0 radical (unpaired) electrons. The number of ether oxygens (including phenoxy) is 1. The molecule has 4 heterocycles. The van der Waals surface area contributed by atoms with Gasteiger partial charge in [0.2, 0.25) is 11.6 Å². The number of unbranched alkanes of at least 4 members (excludes halogenated alkanes) is 1. The number of carbonyl (C=O) groups excluding carboxylic acids is 3. The lowest BCUT2D eigenvalue weighted by molar-refractivity contribution is -0.401. The number of hydrogen-bond acceptors (Lipinski definition) is 7. The summed E-state index contributed by atoms with van der Waals surface area (Å²) < 4.78 is 8.54. The van der Waals surface area contributed by atoms with Crippen molar-refractivity contribution >= 4 is 52.2 Å². The number of allylic oxidation sites excluding steroid dienone is 7. The van der Waals surface area contributed by atoms with Crippen LogP contribution in [0.4, 0.5) is 11.4 Å². The number of nitrogens with one attached hydrogen (secondary N) is 1. The van der Waals surface area contributed by atoms with Gasteiger partial charge in [0.15, 0.2) is 12.3 Å². The number of amides is 2. The number of likely N-dealkylation sites (tertiary alicyclic amines) is 1. The number of benzene rings is 3. The highest BCUT2D eigenvalue weighted by Gasteiger charge is 2.43. The van der Waals surface area contributed by atoms with Crippen LogP contribution in [0.5, 0.6) is 0 Å². The Balaban J connectivity index is 0.956. The number of para-hydroxylation sites is 2. The Morgan fingerprint density at radius 2 is 1.68 bits per heavy atom. The summed E-state index contributed by atoms with van der Waals surface area (Å²) >= 11 is 6.95. The lowest BCUT2D eigenvalue weighted by Gasteiger charge is -2.27. The number of oxime groups is 1. The van der Waals surface area contributed by atoms with Gasteiger partial charge in [0.05, 0.1) is 16.7 Å². The van der Waals surface area contributed by atoms with Crippen LogP contribution >= 0.6 is 11.6 Å². The zero-order valence-electron chi connectivity index (χ0n) is 41.3. The van der Waals surface area contributed by atoms with E-state index in [4.69, 9.17) is 21.2 Å². The average molecular weight is 942 g/mol. The summed E-state index contributed by atoms with van der Waals surface area (Å²) in [6.07, 6.45) is 22.2. The molecule has 1 atom stereocenters. The average Bonchev–Trinajstić information content (AvgIpc) is 3.65. The summed E-state index contributed by atoms with van der Waals surface area (Å²) in [5, 5.41) is 7.96. The zero-order chi connectivity index (χ0) is 48.4. The SMILES string of the molecule is Cc1cc(C)c2c(c1Cl)CC(=NOCC(=O)N1CCCCC1)/C=C/CC/C=C/CC(CCNC(=O)CCCCN1/C(=C/C=C/C3=[N+](C)c4ccccc4C3(C)C)C(C)(C)c3ccccc31)OC2=O. The molecule has 3 aromatic carbocycles. The third-order valence-corrected chi connectivity index (χ3v) is 14.6. The first kappa shape index (κ1) is 50.1. The van der Waals surface area contributed by atoms with Gasteiger partial charge < -0.3 is 24.7 Å². The third-order valence-electron chi connectivity index (χ3n) is 14.1. The maximum absolute atomic E-state index is 14.1. The van der Waals surface area contributed by atoms with Crippen molar-refractivity contribution < 1.29 is 28.5 Å². The standard InChI is InChI=1S/C57H70ClN5O5/c1-40-37-41(2)54(58)44-38-42(60-67-39-52(65)62-34-19-11-20-35-62)23-12-9-8-10-13-24-43(68-55(66)53(40)44)32-33-59-51(64)31-18-21-36-63-48-28-17-15-26-46(48)57(5,6)50(63)30-22-29-49-56(3,4)45-25-14-16-27-47(45)61(49)7/h10,12-17,22-23,25-30,37,43H,8-9,11,18-21,24,31-36,38-39H2,1-7H3/p+1/b13-10+,23-12+,60-42?. The van der Waals surface area contributed by atoms with E-state index in [0.29, 0.717) is 47.7 Å². The van der Waals surface area contributed by atoms with Gasteiger partial charge in [0, 0.05) is 91.4 Å². The van der Waals surface area contributed by atoms with E-state index >= 15 is 0 Å². The summed E-state index contributed by atoms with van der Waals surface area (Å²) in [6.45, 7) is 15.5. The van der Waals surface area contributed by atoms with Crippen LogP contribution in [0, 0.1) is 13.8 Å². The van der Waals surface area contributed by atoms with Gasteiger partial charge in [-0.25, -0.2) is 4.79 Å². The summed E-state index contributed by atoms with van der Waals surface area (Å²) in [5.74, 6) is -0.570. The molecule has 360 valence electrons. The summed E-state index contributed by atoms with van der Waals surface area (Å²) in [5.41, 5.74) is 10.5. The van der Waals surface area contributed by atoms with Crippen molar-refractivity contribution in [3.8, 4) is 0 Å². The summed E-state index contributed by atoms with van der Waals surface area (Å²) in [7, 11) is 2.15. The molecule has 4 aliphatic rings. The van der Waals surface area contributed by atoms with Gasteiger partial charge in [0.1, 0.15) is 13.2 Å². The van der Waals surface area contributed by atoms with Crippen LogP contribution in [0.25, 0.3) is 0 Å². The second-order valence-corrected chi connectivity index (χ2v) is 20.1. The second-order valence-electron chi connectivity index (χ2n) is 19.8. The summed E-state index contributed by atoms with van der Waals surface area (Å²) in [4.78, 5) is 50.1. The molecule has 7 rings (SSSR count). The van der Waals surface area contributed by atoms with Gasteiger partial charge in [0.25, 0.3) is 5.91 Å². The van der Waals surface area contributed by atoms with Gasteiger partial charge in [-0.1, -0.05) is 97.4 Å². The molecule has 68 heavy (non-hydrogen) atoms. The lowest BCUT2D eigenvalue weighted by atomic mass is 9.81. The Kier molecular flexibility index (Phi) is 16.6. The van der Waals surface area contributed by atoms with E-state index in [2.05, 4.69) is 128 Å². The van der Waals surface area contributed by atoms with Crippen LogP contribution in [0.3, 0.4) is 0 Å². The molecule has 0 spiro atoms. The van der Waals surface area contributed by atoms with E-state index in [-0.39, 0.29) is 35.7 Å². The molecule has 10 nitrogen and oxygen atoms in total. The van der Waals surface area contributed by atoms with Gasteiger partial charge in [-0.15, -0.1) is 0 Å². The monoisotopic (exact) mass is 941 g/mol. The fraction of sp³-hybridized carbons (Fsp3) is 0.456. The fourth-order valence-corrected chi connectivity index (χ4v) is 10.6. The van der Waals surface area contributed by atoms with E-state index in [1.807, 2.05) is 43.0 Å². The molecular weight excluding hydrogens is 870 g/mol. The molecule has 0 aliphatic carbocycles. The minimum Gasteiger partial charge on any atom is -0.458 e. The first-order chi connectivity index (χ1) is 32.7. The molecule has 2 amide bonds. The number of hydrogen-bond donors (Lipinski definition) is 1. The van der Waals surface area contributed by atoms with E-state index in [1.54, 1.807) is 0 Å². The highest BCUT2D eigenvalue weighted by Crippen LogP contribution is 2.48. The van der Waals surface area contributed by atoms with E-state index in [0.717, 1.165) is 75.7 Å². The molecule has 11 heteroatoms. The van der Waals surface area contributed by atoms with Crippen LogP contribution in [-0.2, 0) is 36.4 Å². The van der Waals surface area contributed by atoms with Crippen molar-refractivity contribution in [2.75, 3.05) is 44.7 Å². The number of rotatable bonds is 13. The maximum Gasteiger partial charge on any atom is 0.339 e. The zero-order valence-corrected chi connectivity index (χ0v) is 42.1. The van der Waals surface area contributed by atoms with Crippen LogP contribution in [0.1, 0.15) is 130 Å². The number of carbonyl (C=O) groups is 3. The van der Waals surface area contributed by atoms with Crippen LogP contribution in [-0.4, -0.2) is 84.6 Å². The number of aryl methyl sites for hydroxylation is 2. The largest absolute Gasteiger partial charge is 0.458 e. The summed E-state index contributed by atoms with van der Waals surface area (Å²) in [6, 6.07) is 19.2. The van der Waals surface area contributed by atoms with Gasteiger partial charge >= 0.3 is 5.97 Å². The molecule has 4 aliphatic heterocycles. The molecule has 0 saturated carbocycles. The predicted octanol–water partition coefficient (Wildman–Crippen LogP) is 11.3. The molecule has 0 aromatic heterocycles. The van der Waals surface area contributed by atoms with E-state index < -0.39 is 12.1 Å². The topological polar surface area (TPSA) is 104 Å². The van der Waals surface area contributed by atoms with Gasteiger partial charge in [-0.2, -0.15) is 4.58 Å². The first-order valence-corrected chi connectivity index (χ1v) is 25.1. The second kappa shape index (κ2) is 22.6. The van der Waals surface area contributed by atoms with Crippen molar-refractivity contribution in [3.63, 3.8) is 0 Å². The van der Waals surface area contributed by atoms with Gasteiger partial charge in [-0.05, 0) is 113 Å². The van der Waals surface area contributed by atoms with E-state index in [1.165, 1.54) is 33.9 Å². The Hall–Kier alpha value is -5.74. The minimum absolute atomic E-state index is 0.0168. The van der Waals surface area contributed by atoms with Crippen LogP contribution < -0.4 is 10.2 Å². The van der Waals surface area contributed by atoms with E-state index in [9.17, 15) is 14.4 Å². The van der Waals surface area contributed by atoms with Crippen molar-refractivity contribution in [2.45, 2.75) is 129 Å². The molecule has 1 unspecified atom stereocenters. The number of piperidine rings is 1. The number of esters is 1. The molecule has 0 bridgehead atoms. The number of halogens is 1. The van der Waals surface area contributed by atoms with Crippen LogP contribution in [0.15, 0.2) is 108 Å². The normalized spacial score (nSPS) is 21.3. The van der Waals surface area contributed by atoms with Crippen molar-refractivity contribution in [3.05, 3.63) is 141 Å². The lowest BCUT2D eigenvalue weighted by Crippen LogP contribution is -2.37. The first-order valence-electron chi connectivity index (χ1n) is 24.7. The number of fused-ring (bicyclic) bond motifs is 3. The highest BCUT2D eigenvalue weighted by molar-refractivity contribution is 6.33. The van der Waals surface area contributed by atoms with Gasteiger partial charge in [-0.3, -0.25) is 9.59 Å². The van der Waals surface area contributed by atoms with Crippen molar-refractivity contribution in [1.29, 1.82) is 0 Å². The predicted molar refractivity (Wildman–Crippen MR) is 276 cm³/mol. The van der Waals surface area contributed by atoms with Crippen LogP contribution in [0.2, 0.25) is 5.02 Å².